The molecule has 2 aromatic rings. The zero-order valence-electron chi connectivity index (χ0n) is 14.9. The zero-order valence-corrected chi connectivity index (χ0v) is 14.9. The number of para-hydroxylation sites is 1. The highest BCUT2D eigenvalue weighted by atomic mass is 16.5. The van der Waals surface area contributed by atoms with Gasteiger partial charge in [-0.1, -0.05) is 42.5 Å². The van der Waals surface area contributed by atoms with E-state index in [0.717, 1.165) is 5.56 Å². The van der Waals surface area contributed by atoms with Gasteiger partial charge in [-0.3, -0.25) is 4.79 Å². The van der Waals surface area contributed by atoms with Crippen molar-refractivity contribution in [2.45, 2.75) is 13.5 Å². The lowest BCUT2D eigenvalue weighted by molar-refractivity contribution is -0.134. The van der Waals surface area contributed by atoms with Gasteiger partial charge in [-0.25, -0.2) is 4.79 Å². The van der Waals surface area contributed by atoms with E-state index >= 15 is 0 Å². The first-order chi connectivity index (χ1) is 12.7. The Labute approximate surface area is 153 Å². The molecular formula is C20H24N2O4. The molecule has 0 saturated heterocycles. The van der Waals surface area contributed by atoms with Crippen molar-refractivity contribution >= 4 is 17.6 Å². The maximum Gasteiger partial charge on any atom is 0.340 e. The number of amides is 1. The normalized spacial score (nSPS) is 10.2. The van der Waals surface area contributed by atoms with Crippen molar-refractivity contribution in [1.29, 1.82) is 0 Å². The van der Waals surface area contributed by atoms with Crippen LogP contribution in [0.25, 0.3) is 0 Å². The molecule has 138 valence electrons. The molecule has 0 heterocycles. The Hall–Kier alpha value is -2.86. The molecule has 6 heteroatoms. The van der Waals surface area contributed by atoms with Crippen LogP contribution in [-0.4, -0.2) is 48.2 Å². The Morgan fingerprint density at radius 2 is 1.77 bits per heavy atom. The smallest absolute Gasteiger partial charge is 0.340 e. The Balaban J connectivity index is 1.94. The first-order valence-corrected chi connectivity index (χ1v) is 8.58. The zero-order chi connectivity index (χ0) is 18.8. The molecule has 0 aromatic heterocycles. The molecule has 2 N–H and O–H groups in total. The van der Waals surface area contributed by atoms with Crippen molar-refractivity contribution in [2.24, 2.45) is 0 Å². The summed E-state index contributed by atoms with van der Waals surface area (Å²) >= 11 is 0. The van der Waals surface area contributed by atoms with Gasteiger partial charge in [0.2, 0.25) is 0 Å². The lowest BCUT2D eigenvalue weighted by atomic mass is 10.2. The summed E-state index contributed by atoms with van der Waals surface area (Å²) in [4.78, 5) is 26.3. The molecule has 26 heavy (non-hydrogen) atoms. The van der Waals surface area contributed by atoms with Crippen LogP contribution in [0, 0.1) is 0 Å². The largest absolute Gasteiger partial charge is 0.452 e. The molecule has 0 unspecified atom stereocenters. The average Bonchev–Trinajstić information content (AvgIpc) is 2.69. The number of carbonyl (C=O) groups excluding carboxylic acids is 2. The number of nitrogens with zero attached hydrogens (tertiary/aromatic N) is 1. The highest BCUT2D eigenvalue weighted by Gasteiger charge is 2.17. The third-order valence-electron chi connectivity index (χ3n) is 3.85. The van der Waals surface area contributed by atoms with Crippen molar-refractivity contribution in [1.82, 2.24) is 4.90 Å². The van der Waals surface area contributed by atoms with Crippen LogP contribution in [0.4, 0.5) is 5.69 Å². The Kier molecular flexibility index (Phi) is 7.64. The Bertz CT molecular complexity index is 719. The molecule has 0 aliphatic carbocycles. The van der Waals surface area contributed by atoms with Crippen LogP contribution in [0.5, 0.6) is 0 Å². The van der Waals surface area contributed by atoms with E-state index in [1.807, 2.05) is 37.3 Å². The van der Waals surface area contributed by atoms with Crippen molar-refractivity contribution < 1.29 is 19.4 Å². The van der Waals surface area contributed by atoms with E-state index in [9.17, 15) is 9.59 Å². The minimum absolute atomic E-state index is 0.0488. The maximum atomic E-state index is 12.4. The molecule has 1 amide bonds. The van der Waals surface area contributed by atoms with Crippen LogP contribution in [0.15, 0.2) is 54.6 Å². The number of anilines is 1. The predicted octanol–water partition coefficient (Wildman–Crippen LogP) is 2.30. The first-order valence-electron chi connectivity index (χ1n) is 8.58. The minimum Gasteiger partial charge on any atom is -0.452 e. The third kappa shape index (κ3) is 5.60. The van der Waals surface area contributed by atoms with E-state index in [0.29, 0.717) is 30.9 Å². The summed E-state index contributed by atoms with van der Waals surface area (Å²) in [5.41, 5.74) is 1.92. The standard InChI is InChI=1S/C20H24N2O4/c1-2-22(14-16-8-4-3-5-9-16)19(24)15-26-20(25)17-10-6-7-11-18(17)21-12-13-23/h3-11,21,23H,2,12-15H2,1H3. The molecule has 2 aromatic carbocycles. The molecule has 0 bridgehead atoms. The number of hydrogen-bond acceptors (Lipinski definition) is 5. The van der Waals surface area contributed by atoms with Gasteiger partial charge in [0.05, 0.1) is 12.2 Å². The van der Waals surface area contributed by atoms with E-state index in [2.05, 4.69) is 5.32 Å². The second-order valence-electron chi connectivity index (χ2n) is 5.67. The number of nitrogens with one attached hydrogen (secondary N) is 1. The molecular weight excluding hydrogens is 332 g/mol. The van der Waals surface area contributed by atoms with Gasteiger partial charge < -0.3 is 20.1 Å². The third-order valence-corrected chi connectivity index (χ3v) is 3.85. The Morgan fingerprint density at radius 3 is 2.46 bits per heavy atom. The van der Waals surface area contributed by atoms with Crippen LogP contribution < -0.4 is 5.32 Å². The summed E-state index contributed by atoms with van der Waals surface area (Å²) in [6, 6.07) is 16.5. The minimum atomic E-state index is -0.574. The van der Waals surface area contributed by atoms with Gasteiger partial charge in [0.25, 0.3) is 5.91 Å². The van der Waals surface area contributed by atoms with Gasteiger partial charge in [0.15, 0.2) is 6.61 Å². The fourth-order valence-electron chi connectivity index (χ4n) is 2.48. The molecule has 6 nitrogen and oxygen atoms in total. The van der Waals surface area contributed by atoms with Crippen molar-refractivity contribution in [2.75, 3.05) is 31.6 Å². The fourth-order valence-corrected chi connectivity index (χ4v) is 2.48. The topological polar surface area (TPSA) is 78.9 Å². The second kappa shape index (κ2) is 10.2. The number of aliphatic hydroxyl groups excluding tert-OH is 1. The molecule has 0 radical (unpaired) electrons. The summed E-state index contributed by atoms with van der Waals surface area (Å²) in [6.45, 7) is 2.85. The van der Waals surface area contributed by atoms with Gasteiger partial charge in [0.1, 0.15) is 0 Å². The number of likely N-dealkylation sites (N-methyl/N-ethyl adjacent to an activating group) is 1. The number of benzene rings is 2. The van der Waals surface area contributed by atoms with E-state index < -0.39 is 5.97 Å². The number of aliphatic hydroxyl groups is 1. The van der Waals surface area contributed by atoms with Crippen LogP contribution in [0.2, 0.25) is 0 Å². The SMILES string of the molecule is CCN(Cc1ccccc1)C(=O)COC(=O)c1ccccc1NCCO. The van der Waals surface area contributed by atoms with E-state index in [-0.39, 0.29) is 19.1 Å². The molecule has 0 fully saturated rings. The molecule has 2 rings (SSSR count). The number of rotatable bonds is 9. The lowest BCUT2D eigenvalue weighted by Crippen LogP contribution is -2.34. The monoisotopic (exact) mass is 356 g/mol. The summed E-state index contributed by atoms with van der Waals surface area (Å²) in [7, 11) is 0. The molecule has 0 aliphatic heterocycles. The van der Waals surface area contributed by atoms with E-state index in [1.54, 1.807) is 29.2 Å². The number of esters is 1. The maximum absolute atomic E-state index is 12.4. The summed E-state index contributed by atoms with van der Waals surface area (Å²) < 4.78 is 5.20. The highest BCUT2D eigenvalue weighted by Crippen LogP contribution is 2.16. The summed E-state index contributed by atoms with van der Waals surface area (Å²) in [6.07, 6.45) is 0. The molecule has 0 aliphatic rings. The fraction of sp³-hybridized carbons (Fsp3) is 0.300. The highest BCUT2D eigenvalue weighted by molar-refractivity contribution is 5.96. The second-order valence-corrected chi connectivity index (χ2v) is 5.67. The predicted molar refractivity (Wildman–Crippen MR) is 99.8 cm³/mol. The van der Waals surface area contributed by atoms with Crippen molar-refractivity contribution in [3.05, 3.63) is 65.7 Å². The van der Waals surface area contributed by atoms with Crippen molar-refractivity contribution in [3.8, 4) is 0 Å². The van der Waals surface area contributed by atoms with E-state index in [1.165, 1.54) is 0 Å². The number of ether oxygens (including phenoxy) is 1. The number of hydrogen-bond donors (Lipinski definition) is 2. The van der Waals surface area contributed by atoms with Gasteiger partial charge in [-0.05, 0) is 24.6 Å². The van der Waals surface area contributed by atoms with Gasteiger partial charge in [0, 0.05) is 25.3 Å². The van der Waals surface area contributed by atoms with Crippen LogP contribution >= 0.6 is 0 Å². The first kappa shape index (κ1) is 19.5. The van der Waals surface area contributed by atoms with Crippen molar-refractivity contribution in [3.63, 3.8) is 0 Å². The quantitative estimate of drug-likeness (QED) is 0.674. The molecule has 0 saturated carbocycles. The Morgan fingerprint density at radius 1 is 1.08 bits per heavy atom. The van der Waals surface area contributed by atoms with Crippen LogP contribution in [-0.2, 0) is 16.1 Å². The molecule has 0 spiro atoms. The van der Waals surface area contributed by atoms with Crippen LogP contribution in [0.3, 0.4) is 0 Å². The van der Waals surface area contributed by atoms with Gasteiger partial charge >= 0.3 is 5.97 Å². The molecule has 0 atom stereocenters. The lowest BCUT2D eigenvalue weighted by Gasteiger charge is -2.21. The summed E-state index contributed by atoms with van der Waals surface area (Å²) in [5.74, 6) is -0.819. The van der Waals surface area contributed by atoms with Crippen LogP contribution in [0.1, 0.15) is 22.8 Å². The van der Waals surface area contributed by atoms with Gasteiger partial charge in [-0.15, -0.1) is 0 Å². The summed E-state index contributed by atoms with van der Waals surface area (Å²) in [5, 5.41) is 11.9. The average molecular weight is 356 g/mol. The number of carbonyl (C=O) groups is 2. The van der Waals surface area contributed by atoms with Gasteiger partial charge in [-0.2, -0.15) is 0 Å². The van der Waals surface area contributed by atoms with E-state index in [4.69, 9.17) is 9.84 Å².